The minimum absolute atomic E-state index is 0.0282. The van der Waals surface area contributed by atoms with E-state index < -0.39 is 24.7 Å². The molecule has 0 radical (unpaired) electrons. The van der Waals surface area contributed by atoms with E-state index in [9.17, 15) is 22.8 Å². The zero-order valence-corrected chi connectivity index (χ0v) is 13.1. The lowest BCUT2D eigenvalue weighted by Crippen LogP contribution is -2.25. The summed E-state index contributed by atoms with van der Waals surface area (Å²) in [6, 6.07) is 4.51. The van der Waals surface area contributed by atoms with Crippen molar-refractivity contribution >= 4 is 35.1 Å². The van der Waals surface area contributed by atoms with Gasteiger partial charge in [0.25, 0.3) is 5.91 Å². The van der Waals surface area contributed by atoms with Crippen LogP contribution < -0.4 is 5.48 Å². The van der Waals surface area contributed by atoms with Gasteiger partial charge in [-0.15, -0.1) is 0 Å². The van der Waals surface area contributed by atoms with Crippen LogP contribution >= 0.6 is 23.2 Å². The highest BCUT2D eigenvalue weighted by molar-refractivity contribution is 6.39. The van der Waals surface area contributed by atoms with E-state index in [2.05, 4.69) is 10.2 Å². The second-order valence-electron chi connectivity index (χ2n) is 4.26. The molecule has 0 aromatic heterocycles. The SMILES string of the molecule is O=C(CCCONC(=O)c1c(Cl)cccc1Cl)OCC(F)(F)F. The summed E-state index contributed by atoms with van der Waals surface area (Å²) in [5.74, 6) is -1.69. The maximum atomic E-state index is 11.8. The molecule has 1 amide bonds. The number of nitrogens with one attached hydrogen (secondary N) is 1. The lowest BCUT2D eigenvalue weighted by molar-refractivity contribution is -0.186. The summed E-state index contributed by atoms with van der Waals surface area (Å²) in [4.78, 5) is 27.6. The van der Waals surface area contributed by atoms with Gasteiger partial charge in [0.1, 0.15) is 0 Å². The molecule has 1 N–H and O–H groups in total. The highest BCUT2D eigenvalue weighted by Gasteiger charge is 2.29. The number of ether oxygens (including phenoxy) is 1. The van der Waals surface area contributed by atoms with Crippen molar-refractivity contribution < 1.29 is 32.3 Å². The third kappa shape index (κ3) is 7.54. The summed E-state index contributed by atoms with van der Waals surface area (Å²) in [6.45, 7) is -1.73. The molecule has 0 saturated heterocycles. The fourth-order valence-corrected chi connectivity index (χ4v) is 1.97. The molecule has 0 heterocycles. The standard InChI is InChI=1S/C13H12Cl2F3NO4/c14-8-3-1-4-9(15)11(8)12(21)19-23-6-2-5-10(20)22-7-13(16,17)18/h1,3-4H,2,5-7H2,(H,19,21). The van der Waals surface area contributed by atoms with Gasteiger partial charge in [-0.25, -0.2) is 5.48 Å². The van der Waals surface area contributed by atoms with Crippen LogP contribution in [0.25, 0.3) is 0 Å². The predicted molar refractivity (Wildman–Crippen MR) is 76.1 cm³/mol. The van der Waals surface area contributed by atoms with Crippen LogP contribution in [0.2, 0.25) is 10.0 Å². The number of hydrogen-bond acceptors (Lipinski definition) is 4. The Balaban J connectivity index is 2.25. The number of carbonyl (C=O) groups is 2. The Morgan fingerprint density at radius 1 is 1.17 bits per heavy atom. The van der Waals surface area contributed by atoms with Gasteiger partial charge in [-0.1, -0.05) is 29.3 Å². The number of hydroxylamine groups is 1. The fraction of sp³-hybridized carbons (Fsp3) is 0.385. The molecule has 0 aliphatic rings. The molecule has 0 atom stereocenters. The Kier molecular flexibility index (Phi) is 7.60. The third-order valence-electron chi connectivity index (χ3n) is 2.38. The summed E-state index contributed by atoms with van der Waals surface area (Å²) in [6.07, 6.45) is -4.78. The van der Waals surface area contributed by atoms with Gasteiger partial charge in [-0.2, -0.15) is 13.2 Å². The summed E-state index contributed by atoms with van der Waals surface area (Å²) in [5, 5.41) is 0.267. The van der Waals surface area contributed by atoms with Crippen molar-refractivity contribution in [2.24, 2.45) is 0 Å². The van der Waals surface area contributed by atoms with Gasteiger partial charge >= 0.3 is 12.1 Å². The molecule has 0 bridgehead atoms. The summed E-state index contributed by atoms with van der Waals surface area (Å²) < 4.78 is 39.4. The van der Waals surface area contributed by atoms with E-state index in [4.69, 9.17) is 28.0 Å². The summed E-state index contributed by atoms with van der Waals surface area (Å²) in [7, 11) is 0. The Bertz CT molecular complexity index is 546. The average Bonchev–Trinajstić information content (AvgIpc) is 2.44. The molecule has 5 nitrogen and oxygen atoms in total. The highest BCUT2D eigenvalue weighted by atomic mass is 35.5. The van der Waals surface area contributed by atoms with Gasteiger partial charge < -0.3 is 4.74 Å². The number of esters is 1. The summed E-state index contributed by atoms with van der Waals surface area (Å²) >= 11 is 11.6. The van der Waals surface area contributed by atoms with Crippen molar-refractivity contribution in [1.29, 1.82) is 0 Å². The molecular weight excluding hydrogens is 362 g/mol. The van der Waals surface area contributed by atoms with Gasteiger partial charge in [-0.05, 0) is 18.6 Å². The lowest BCUT2D eigenvalue weighted by atomic mass is 10.2. The molecule has 0 aliphatic heterocycles. The number of halogens is 5. The zero-order valence-electron chi connectivity index (χ0n) is 11.6. The van der Waals surface area contributed by atoms with Crippen LogP contribution in [-0.4, -0.2) is 31.3 Å². The Hall–Kier alpha value is -1.51. The minimum atomic E-state index is -4.56. The molecule has 1 rings (SSSR count). The van der Waals surface area contributed by atoms with E-state index in [1.807, 2.05) is 0 Å². The van der Waals surface area contributed by atoms with Crippen molar-refractivity contribution in [2.75, 3.05) is 13.2 Å². The first-order valence-corrected chi connectivity index (χ1v) is 7.05. The second kappa shape index (κ2) is 8.95. The van der Waals surface area contributed by atoms with Crippen LogP contribution in [0.1, 0.15) is 23.2 Å². The largest absolute Gasteiger partial charge is 0.456 e. The molecule has 0 aliphatic carbocycles. The first-order chi connectivity index (χ1) is 10.7. The average molecular weight is 374 g/mol. The maximum Gasteiger partial charge on any atom is 0.422 e. The number of rotatable bonds is 7. The maximum absolute atomic E-state index is 11.8. The van der Waals surface area contributed by atoms with Crippen LogP contribution in [0, 0.1) is 0 Å². The van der Waals surface area contributed by atoms with E-state index in [0.717, 1.165) is 0 Å². The van der Waals surface area contributed by atoms with Gasteiger partial charge in [0.2, 0.25) is 0 Å². The van der Waals surface area contributed by atoms with Crippen molar-refractivity contribution in [3.63, 3.8) is 0 Å². The predicted octanol–water partition coefficient (Wildman–Crippen LogP) is 3.54. The Morgan fingerprint density at radius 2 is 1.78 bits per heavy atom. The van der Waals surface area contributed by atoms with E-state index in [1.54, 1.807) is 6.07 Å². The van der Waals surface area contributed by atoms with Crippen molar-refractivity contribution in [3.8, 4) is 0 Å². The molecule has 1 aromatic carbocycles. The number of hydrogen-bond donors (Lipinski definition) is 1. The monoisotopic (exact) mass is 373 g/mol. The van der Waals surface area contributed by atoms with Gasteiger partial charge in [0.05, 0.1) is 22.2 Å². The second-order valence-corrected chi connectivity index (χ2v) is 5.07. The van der Waals surface area contributed by atoms with Crippen LogP contribution in [0.15, 0.2) is 18.2 Å². The van der Waals surface area contributed by atoms with Crippen LogP contribution in [-0.2, 0) is 14.4 Å². The van der Waals surface area contributed by atoms with Crippen molar-refractivity contribution in [1.82, 2.24) is 5.48 Å². The van der Waals surface area contributed by atoms with Gasteiger partial charge in [0.15, 0.2) is 6.61 Å². The van der Waals surface area contributed by atoms with Crippen LogP contribution in [0.3, 0.4) is 0 Å². The van der Waals surface area contributed by atoms with Crippen molar-refractivity contribution in [2.45, 2.75) is 19.0 Å². The molecule has 1 aromatic rings. The molecule has 0 unspecified atom stereocenters. The third-order valence-corrected chi connectivity index (χ3v) is 3.01. The normalized spacial score (nSPS) is 11.2. The van der Waals surface area contributed by atoms with Gasteiger partial charge in [0, 0.05) is 6.42 Å². The van der Waals surface area contributed by atoms with Crippen LogP contribution in [0.5, 0.6) is 0 Å². The highest BCUT2D eigenvalue weighted by Crippen LogP contribution is 2.23. The van der Waals surface area contributed by atoms with Crippen LogP contribution in [0.4, 0.5) is 13.2 Å². The Morgan fingerprint density at radius 3 is 2.35 bits per heavy atom. The van der Waals surface area contributed by atoms with E-state index >= 15 is 0 Å². The Labute approximate surface area is 139 Å². The minimum Gasteiger partial charge on any atom is -0.456 e. The molecule has 128 valence electrons. The first-order valence-electron chi connectivity index (χ1n) is 6.29. The zero-order chi connectivity index (χ0) is 17.5. The first kappa shape index (κ1) is 19.5. The smallest absolute Gasteiger partial charge is 0.422 e. The molecule has 0 spiro atoms. The number of alkyl halides is 3. The number of carbonyl (C=O) groups excluding carboxylic acids is 2. The van der Waals surface area contributed by atoms with Crippen molar-refractivity contribution in [3.05, 3.63) is 33.8 Å². The molecule has 0 fully saturated rings. The molecule has 10 heteroatoms. The lowest BCUT2D eigenvalue weighted by Gasteiger charge is -2.09. The number of benzene rings is 1. The van der Waals surface area contributed by atoms with Gasteiger partial charge in [-0.3, -0.25) is 14.4 Å². The van der Waals surface area contributed by atoms with E-state index in [-0.39, 0.29) is 35.1 Å². The topological polar surface area (TPSA) is 64.6 Å². The quantitative estimate of drug-likeness (QED) is 0.451. The number of amides is 1. The van der Waals surface area contributed by atoms with E-state index in [1.165, 1.54) is 12.1 Å². The molecule has 0 saturated carbocycles. The molecular formula is C13H12Cl2F3NO4. The fourth-order valence-electron chi connectivity index (χ4n) is 1.41. The summed E-state index contributed by atoms with van der Waals surface area (Å²) in [5.41, 5.74) is 2.10. The molecule has 23 heavy (non-hydrogen) atoms. The van der Waals surface area contributed by atoms with E-state index in [0.29, 0.717) is 0 Å².